The van der Waals surface area contributed by atoms with Crippen LogP contribution in [0.4, 0.5) is 0 Å². The Labute approximate surface area is 213 Å². The fourth-order valence-corrected chi connectivity index (χ4v) is 9.76. The molecule has 0 spiro atoms. The quantitative estimate of drug-likeness (QED) is 0.427. The molecular formula is C32H48O3. The molecule has 4 aliphatic carbocycles. The van der Waals surface area contributed by atoms with E-state index in [1.807, 2.05) is 30.3 Å². The van der Waals surface area contributed by atoms with Gasteiger partial charge in [-0.3, -0.25) is 4.79 Å². The fraction of sp³-hybridized carbons (Fsp3) is 0.781. The van der Waals surface area contributed by atoms with Crippen LogP contribution in [0.15, 0.2) is 30.3 Å². The average Bonchev–Trinajstić information content (AvgIpc) is 3.19. The van der Waals surface area contributed by atoms with Crippen molar-refractivity contribution in [2.24, 2.45) is 46.3 Å². The smallest absolute Gasteiger partial charge is 0.306 e. The number of hydrogen-bond donors (Lipinski definition) is 1. The van der Waals surface area contributed by atoms with E-state index >= 15 is 0 Å². The van der Waals surface area contributed by atoms with Gasteiger partial charge < -0.3 is 9.84 Å². The first kappa shape index (κ1) is 25.3. The third kappa shape index (κ3) is 4.72. The van der Waals surface area contributed by atoms with Gasteiger partial charge in [-0.2, -0.15) is 0 Å². The van der Waals surface area contributed by atoms with Crippen LogP contribution in [0, 0.1) is 46.3 Å². The van der Waals surface area contributed by atoms with Crippen molar-refractivity contribution in [2.45, 2.75) is 111 Å². The van der Waals surface area contributed by atoms with E-state index in [2.05, 4.69) is 27.7 Å². The Hall–Kier alpha value is -1.35. The molecule has 3 heteroatoms. The van der Waals surface area contributed by atoms with Crippen LogP contribution in [0.3, 0.4) is 0 Å². The maximum Gasteiger partial charge on any atom is 0.306 e. The van der Waals surface area contributed by atoms with Crippen LogP contribution in [0.1, 0.15) is 104 Å². The van der Waals surface area contributed by atoms with Crippen molar-refractivity contribution in [3.63, 3.8) is 0 Å². The predicted octanol–water partition coefficient (Wildman–Crippen LogP) is 7.56. The summed E-state index contributed by atoms with van der Waals surface area (Å²) in [6, 6.07) is 9.98. The van der Waals surface area contributed by atoms with Crippen molar-refractivity contribution in [1.29, 1.82) is 0 Å². The number of fused-ring (bicyclic) bond motifs is 5. The number of carbonyl (C=O) groups excluding carboxylic acids is 1. The topological polar surface area (TPSA) is 46.5 Å². The van der Waals surface area contributed by atoms with E-state index in [-0.39, 0.29) is 5.97 Å². The van der Waals surface area contributed by atoms with Crippen LogP contribution in [-0.2, 0) is 16.1 Å². The lowest BCUT2D eigenvalue weighted by Gasteiger charge is -2.62. The molecule has 0 aliphatic heterocycles. The highest BCUT2D eigenvalue weighted by Crippen LogP contribution is 2.68. The van der Waals surface area contributed by atoms with E-state index in [1.165, 1.54) is 44.9 Å². The number of carbonyl (C=O) groups is 1. The van der Waals surface area contributed by atoms with Crippen LogP contribution in [0.5, 0.6) is 0 Å². The van der Waals surface area contributed by atoms with Crippen molar-refractivity contribution < 1.29 is 14.6 Å². The second kappa shape index (κ2) is 9.51. The molecule has 9 atom stereocenters. The van der Waals surface area contributed by atoms with Crippen molar-refractivity contribution >= 4 is 5.97 Å². The highest BCUT2D eigenvalue weighted by atomic mass is 16.5. The second-order valence-electron chi connectivity index (χ2n) is 13.7. The largest absolute Gasteiger partial charge is 0.461 e. The van der Waals surface area contributed by atoms with Crippen molar-refractivity contribution in [3.05, 3.63) is 35.9 Å². The molecule has 1 aromatic carbocycles. The third-order valence-electron chi connectivity index (χ3n) is 11.8. The van der Waals surface area contributed by atoms with Crippen molar-refractivity contribution in [1.82, 2.24) is 0 Å². The zero-order chi connectivity index (χ0) is 24.8. The lowest BCUT2D eigenvalue weighted by molar-refractivity contribution is -0.149. The van der Waals surface area contributed by atoms with Gasteiger partial charge in [0.1, 0.15) is 6.61 Å². The number of benzene rings is 1. The van der Waals surface area contributed by atoms with Gasteiger partial charge in [0.2, 0.25) is 0 Å². The van der Waals surface area contributed by atoms with Crippen LogP contribution >= 0.6 is 0 Å². The molecule has 0 radical (unpaired) electrons. The van der Waals surface area contributed by atoms with Gasteiger partial charge in [-0.15, -0.1) is 0 Å². The minimum atomic E-state index is -0.448. The summed E-state index contributed by atoms with van der Waals surface area (Å²) in [7, 11) is 0. The Morgan fingerprint density at radius 1 is 0.971 bits per heavy atom. The standard InChI is InChI=1S/C32H48O3/c1-22(10-15-29(33)35-21-23-8-6-5-7-9-23)26-13-14-27-25-12-11-24-20-30(2,34)18-19-31(24,3)28(25)16-17-32(26,27)4/h5-9,22,24-28,34H,10-21H2,1-4H3/t22-,24-,25+,26-,27+,28+,30+,31?,32-/m1/s1. The number of rotatable bonds is 6. The zero-order valence-electron chi connectivity index (χ0n) is 22.6. The first-order chi connectivity index (χ1) is 16.6. The van der Waals surface area contributed by atoms with Crippen molar-refractivity contribution in [2.75, 3.05) is 0 Å². The minimum Gasteiger partial charge on any atom is -0.461 e. The van der Waals surface area contributed by atoms with Crippen LogP contribution < -0.4 is 0 Å². The number of hydrogen-bond acceptors (Lipinski definition) is 3. The van der Waals surface area contributed by atoms with Gasteiger partial charge in [0.05, 0.1) is 5.60 Å². The lowest BCUT2D eigenvalue weighted by atomic mass is 9.43. The molecule has 0 heterocycles. The molecule has 4 saturated carbocycles. The predicted molar refractivity (Wildman–Crippen MR) is 140 cm³/mol. The first-order valence-corrected chi connectivity index (χ1v) is 14.5. The maximum atomic E-state index is 12.5. The average molecular weight is 481 g/mol. The number of esters is 1. The van der Waals surface area contributed by atoms with Crippen molar-refractivity contribution in [3.8, 4) is 0 Å². The summed E-state index contributed by atoms with van der Waals surface area (Å²) < 4.78 is 5.56. The molecule has 0 aromatic heterocycles. The molecule has 4 fully saturated rings. The van der Waals surface area contributed by atoms with Gasteiger partial charge in [0.15, 0.2) is 0 Å². The molecule has 1 unspecified atom stereocenters. The molecule has 0 amide bonds. The van der Waals surface area contributed by atoms with Gasteiger partial charge in [0, 0.05) is 6.42 Å². The molecule has 1 aromatic rings. The van der Waals surface area contributed by atoms with E-state index < -0.39 is 5.60 Å². The fourth-order valence-electron chi connectivity index (χ4n) is 9.76. The molecule has 5 rings (SSSR count). The zero-order valence-corrected chi connectivity index (χ0v) is 22.6. The first-order valence-electron chi connectivity index (χ1n) is 14.5. The Kier molecular flexibility index (Phi) is 6.87. The molecule has 194 valence electrons. The molecule has 3 nitrogen and oxygen atoms in total. The van der Waals surface area contributed by atoms with E-state index in [9.17, 15) is 9.90 Å². The molecular weight excluding hydrogens is 432 g/mol. The Morgan fingerprint density at radius 2 is 1.71 bits per heavy atom. The molecule has 0 saturated heterocycles. The highest BCUT2D eigenvalue weighted by molar-refractivity contribution is 5.69. The highest BCUT2D eigenvalue weighted by Gasteiger charge is 2.61. The second-order valence-corrected chi connectivity index (χ2v) is 13.7. The molecule has 1 N–H and O–H groups in total. The van der Waals surface area contributed by atoms with Crippen LogP contribution in [0.25, 0.3) is 0 Å². The van der Waals surface area contributed by atoms with E-state index in [1.54, 1.807) is 0 Å². The number of aliphatic hydroxyl groups is 1. The summed E-state index contributed by atoms with van der Waals surface area (Å²) in [6.45, 7) is 10.0. The monoisotopic (exact) mass is 480 g/mol. The van der Waals surface area contributed by atoms with E-state index in [4.69, 9.17) is 4.74 Å². The van der Waals surface area contributed by atoms with Crippen LogP contribution in [0.2, 0.25) is 0 Å². The van der Waals surface area contributed by atoms with E-state index in [0.717, 1.165) is 48.5 Å². The SMILES string of the molecule is C[C@H](CCC(=O)OCc1ccccc1)[C@H]1CC[C@H]2[C@@H]3CC[C@@H]4C[C@@](C)(O)CCC4(C)[C@H]3CC[C@]12C. The summed E-state index contributed by atoms with van der Waals surface area (Å²) in [5, 5.41) is 10.8. The van der Waals surface area contributed by atoms with Gasteiger partial charge >= 0.3 is 5.97 Å². The molecule has 0 bridgehead atoms. The maximum absolute atomic E-state index is 12.5. The van der Waals surface area contributed by atoms with Crippen LogP contribution in [-0.4, -0.2) is 16.7 Å². The molecule has 35 heavy (non-hydrogen) atoms. The van der Waals surface area contributed by atoms with Gasteiger partial charge in [-0.25, -0.2) is 0 Å². The summed E-state index contributed by atoms with van der Waals surface area (Å²) in [4.78, 5) is 12.5. The Bertz CT molecular complexity index is 893. The summed E-state index contributed by atoms with van der Waals surface area (Å²) in [6.07, 6.45) is 12.8. The Balaban J connectivity index is 1.19. The Morgan fingerprint density at radius 3 is 2.49 bits per heavy atom. The third-order valence-corrected chi connectivity index (χ3v) is 11.8. The summed E-state index contributed by atoms with van der Waals surface area (Å²) >= 11 is 0. The summed E-state index contributed by atoms with van der Waals surface area (Å²) in [5.41, 5.74) is 1.47. The van der Waals surface area contributed by atoms with E-state index in [0.29, 0.717) is 35.7 Å². The normalized spacial score (nSPS) is 43.5. The van der Waals surface area contributed by atoms with Gasteiger partial charge in [-0.05, 0) is 123 Å². The molecule has 4 aliphatic rings. The minimum absolute atomic E-state index is 0.0523. The lowest BCUT2D eigenvalue weighted by Crippen LogP contribution is -2.55. The van der Waals surface area contributed by atoms with Gasteiger partial charge in [0.25, 0.3) is 0 Å². The summed E-state index contributed by atoms with van der Waals surface area (Å²) in [5.74, 6) is 4.51. The number of ether oxygens (including phenoxy) is 1. The van der Waals surface area contributed by atoms with Gasteiger partial charge in [-0.1, -0.05) is 51.1 Å².